The quantitative estimate of drug-likeness (QED) is 0.747. The van der Waals surface area contributed by atoms with Gasteiger partial charge in [0.2, 0.25) is 0 Å². The van der Waals surface area contributed by atoms with Gasteiger partial charge in [-0.05, 0) is 18.2 Å². The van der Waals surface area contributed by atoms with Gasteiger partial charge in [-0.25, -0.2) is 17.9 Å². The predicted molar refractivity (Wildman–Crippen MR) is 50.8 cm³/mol. The zero-order chi connectivity index (χ0) is 12.8. The van der Waals surface area contributed by atoms with Crippen molar-refractivity contribution in [3.63, 3.8) is 0 Å². The van der Waals surface area contributed by atoms with E-state index in [2.05, 4.69) is 0 Å². The molecule has 0 bridgehead atoms. The maximum absolute atomic E-state index is 12.4. The second kappa shape index (κ2) is 3.36. The molecule has 0 atom stereocenters. The molecule has 2 amide bonds. The molecule has 17 heavy (non-hydrogen) atoms. The number of carbonyl (C=O) groups is 1. The number of alkyl halides is 3. The molecule has 0 saturated carbocycles. The molecule has 5 nitrogen and oxygen atoms in total. The van der Waals surface area contributed by atoms with E-state index in [-0.39, 0.29) is 5.69 Å². The van der Waals surface area contributed by atoms with Crippen LogP contribution in [0.3, 0.4) is 0 Å². The lowest BCUT2D eigenvalue weighted by molar-refractivity contribution is -0.137. The molecule has 0 fully saturated rings. The number of sulfonamides is 1. The zero-order valence-electron chi connectivity index (χ0n) is 8.00. The topological polar surface area (TPSA) is 75.3 Å². The molecule has 1 aromatic rings. The summed E-state index contributed by atoms with van der Waals surface area (Å²) in [6, 6.07) is 0.915. The number of benzene rings is 1. The first-order chi connectivity index (χ1) is 7.70. The first kappa shape index (κ1) is 11.7. The standard InChI is InChI=1S/C8H5F3N2O3S/c9-8(10,11)4-1-2-6-5(3-4)12-7(14)13-17(6,15)16/h1-3H,(H2,12,13,14). The van der Waals surface area contributed by atoms with E-state index in [1.54, 1.807) is 4.72 Å². The van der Waals surface area contributed by atoms with Crippen LogP contribution < -0.4 is 10.0 Å². The van der Waals surface area contributed by atoms with E-state index < -0.39 is 32.7 Å². The van der Waals surface area contributed by atoms with Crippen molar-refractivity contribution in [1.82, 2.24) is 4.72 Å². The summed E-state index contributed by atoms with van der Waals surface area (Å²) in [7, 11) is -4.08. The number of anilines is 1. The summed E-state index contributed by atoms with van der Waals surface area (Å²) in [5.41, 5.74) is -1.42. The fourth-order valence-corrected chi connectivity index (χ4v) is 2.41. The molecule has 0 aromatic heterocycles. The van der Waals surface area contributed by atoms with Crippen LogP contribution in [0, 0.1) is 0 Å². The molecular formula is C8H5F3N2O3S. The fraction of sp³-hybridized carbons (Fsp3) is 0.125. The summed E-state index contributed by atoms with van der Waals surface area (Å²) in [4.78, 5) is 10.5. The first-order valence-corrected chi connectivity index (χ1v) is 5.73. The summed E-state index contributed by atoms with van der Waals surface area (Å²) in [6.07, 6.45) is -4.60. The van der Waals surface area contributed by atoms with E-state index in [1.165, 1.54) is 0 Å². The van der Waals surface area contributed by atoms with Gasteiger partial charge in [-0.15, -0.1) is 0 Å². The number of rotatable bonds is 0. The second-order valence-corrected chi connectivity index (χ2v) is 4.92. The van der Waals surface area contributed by atoms with E-state index in [0.717, 1.165) is 6.07 Å². The number of nitrogens with one attached hydrogen (secondary N) is 2. The van der Waals surface area contributed by atoms with Gasteiger partial charge < -0.3 is 5.32 Å². The van der Waals surface area contributed by atoms with Gasteiger partial charge in [0.05, 0.1) is 11.3 Å². The van der Waals surface area contributed by atoms with Gasteiger partial charge in [-0.3, -0.25) is 0 Å². The van der Waals surface area contributed by atoms with Crippen LogP contribution in [0.2, 0.25) is 0 Å². The van der Waals surface area contributed by atoms with Crippen molar-refractivity contribution in [1.29, 1.82) is 0 Å². The predicted octanol–water partition coefficient (Wildman–Crippen LogP) is 1.53. The van der Waals surface area contributed by atoms with Gasteiger partial charge in [-0.2, -0.15) is 13.2 Å². The Hall–Kier alpha value is -1.77. The Morgan fingerprint density at radius 3 is 2.41 bits per heavy atom. The van der Waals surface area contributed by atoms with Crippen LogP contribution in [0.25, 0.3) is 0 Å². The smallest absolute Gasteiger partial charge is 0.306 e. The number of urea groups is 1. The van der Waals surface area contributed by atoms with Gasteiger partial charge in [0.1, 0.15) is 4.90 Å². The SMILES string of the molecule is O=C1Nc2cc(C(F)(F)F)ccc2S(=O)(=O)N1. The lowest BCUT2D eigenvalue weighted by Gasteiger charge is -2.19. The van der Waals surface area contributed by atoms with Gasteiger partial charge in [0, 0.05) is 0 Å². The number of fused-ring (bicyclic) bond motifs is 1. The van der Waals surface area contributed by atoms with Gasteiger partial charge in [0.15, 0.2) is 0 Å². The molecular weight excluding hydrogens is 261 g/mol. The van der Waals surface area contributed by atoms with Crippen LogP contribution in [-0.4, -0.2) is 14.4 Å². The summed E-state index contributed by atoms with van der Waals surface area (Å²) in [5, 5.41) is 2.00. The van der Waals surface area contributed by atoms with Gasteiger partial charge in [0.25, 0.3) is 10.0 Å². The van der Waals surface area contributed by atoms with Crippen molar-refractivity contribution in [3.8, 4) is 0 Å². The Labute approximate surface area is 93.7 Å². The second-order valence-electron chi connectivity index (χ2n) is 3.27. The fourth-order valence-electron chi connectivity index (χ4n) is 1.36. The van der Waals surface area contributed by atoms with Crippen molar-refractivity contribution >= 4 is 21.7 Å². The van der Waals surface area contributed by atoms with E-state index in [0.29, 0.717) is 12.1 Å². The van der Waals surface area contributed by atoms with Crippen molar-refractivity contribution < 1.29 is 26.4 Å². The number of hydrogen-bond acceptors (Lipinski definition) is 3. The van der Waals surface area contributed by atoms with Crippen LogP contribution in [0.4, 0.5) is 23.7 Å². The Balaban J connectivity index is 2.61. The van der Waals surface area contributed by atoms with Crippen LogP contribution >= 0.6 is 0 Å². The minimum absolute atomic E-state index is 0.386. The third-order valence-corrected chi connectivity index (χ3v) is 3.46. The van der Waals surface area contributed by atoms with Gasteiger partial charge in [-0.1, -0.05) is 0 Å². The maximum atomic E-state index is 12.4. The molecule has 2 rings (SSSR count). The van der Waals surface area contributed by atoms with Crippen molar-refractivity contribution in [3.05, 3.63) is 23.8 Å². The summed E-state index contributed by atoms with van der Waals surface area (Å²) in [5.74, 6) is 0. The Morgan fingerprint density at radius 1 is 1.18 bits per heavy atom. The van der Waals surface area contributed by atoms with Crippen molar-refractivity contribution in [2.24, 2.45) is 0 Å². The minimum atomic E-state index is -4.60. The minimum Gasteiger partial charge on any atom is -0.306 e. The summed E-state index contributed by atoms with van der Waals surface area (Å²) >= 11 is 0. The molecule has 1 heterocycles. The van der Waals surface area contributed by atoms with E-state index >= 15 is 0 Å². The number of amides is 2. The van der Waals surface area contributed by atoms with Crippen LogP contribution in [0.5, 0.6) is 0 Å². The first-order valence-electron chi connectivity index (χ1n) is 4.25. The maximum Gasteiger partial charge on any atom is 0.416 e. The molecule has 1 aliphatic heterocycles. The van der Waals surface area contributed by atoms with Crippen molar-refractivity contribution in [2.45, 2.75) is 11.1 Å². The molecule has 0 saturated heterocycles. The zero-order valence-corrected chi connectivity index (χ0v) is 8.82. The molecule has 9 heteroatoms. The normalized spacial score (nSPS) is 17.9. The molecule has 2 N–H and O–H groups in total. The van der Waals surface area contributed by atoms with Crippen molar-refractivity contribution in [2.75, 3.05) is 5.32 Å². The number of carbonyl (C=O) groups excluding carboxylic acids is 1. The largest absolute Gasteiger partial charge is 0.416 e. The van der Waals surface area contributed by atoms with Gasteiger partial charge >= 0.3 is 12.2 Å². The third-order valence-electron chi connectivity index (χ3n) is 2.07. The number of hydrogen-bond donors (Lipinski definition) is 2. The molecule has 1 aliphatic rings. The third kappa shape index (κ3) is 2.05. The molecule has 1 aromatic carbocycles. The lowest BCUT2D eigenvalue weighted by atomic mass is 10.2. The summed E-state index contributed by atoms with van der Waals surface area (Å²) < 4.78 is 61.5. The van der Waals surface area contributed by atoms with E-state index in [9.17, 15) is 26.4 Å². The average molecular weight is 266 g/mol. The Morgan fingerprint density at radius 2 is 1.82 bits per heavy atom. The molecule has 0 radical (unpaired) electrons. The van der Waals surface area contributed by atoms with Crippen LogP contribution in [0.1, 0.15) is 5.56 Å². The average Bonchev–Trinajstić information content (AvgIpc) is 2.13. The highest BCUT2D eigenvalue weighted by atomic mass is 32.2. The molecule has 0 spiro atoms. The highest BCUT2D eigenvalue weighted by Gasteiger charge is 2.34. The Kier molecular flexibility index (Phi) is 2.31. The highest BCUT2D eigenvalue weighted by molar-refractivity contribution is 7.90. The molecule has 92 valence electrons. The molecule has 0 unspecified atom stereocenters. The van der Waals surface area contributed by atoms with Crippen LogP contribution in [0.15, 0.2) is 23.1 Å². The molecule has 0 aliphatic carbocycles. The van der Waals surface area contributed by atoms with E-state index in [4.69, 9.17) is 0 Å². The number of halogens is 3. The summed E-state index contributed by atoms with van der Waals surface area (Å²) in [6.45, 7) is 0. The lowest BCUT2D eigenvalue weighted by Crippen LogP contribution is -2.39. The highest BCUT2D eigenvalue weighted by Crippen LogP contribution is 2.34. The Bertz CT molecular complexity index is 595. The monoisotopic (exact) mass is 266 g/mol. The van der Waals surface area contributed by atoms with E-state index in [1.807, 2.05) is 5.32 Å². The van der Waals surface area contributed by atoms with Crippen LogP contribution in [-0.2, 0) is 16.2 Å².